The number of hydrogen-bond acceptors (Lipinski definition) is 3. The highest BCUT2D eigenvalue weighted by Gasteiger charge is 2.19. The van der Waals surface area contributed by atoms with Gasteiger partial charge in [0.1, 0.15) is 0 Å². The molecule has 138 valence electrons. The maximum atomic E-state index is 9.67. The van der Waals surface area contributed by atoms with E-state index in [4.69, 9.17) is 4.99 Å². The van der Waals surface area contributed by atoms with Crippen LogP contribution >= 0.6 is 24.0 Å². The highest BCUT2D eigenvalue weighted by atomic mass is 127. The number of benzene rings is 1. The molecule has 0 amide bonds. The number of anilines is 1. The zero-order valence-corrected chi connectivity index (χ0v) is 17.2. The molecule has 1 fully saturated rings. The minimum absolute atomic E-state index is 0. The van der Waals surface area contributed by atoms with Crippen LogP contribution in [0.25, 0.3) is 0 Å². The first-order chi connectivity index (χ1) is 11.8. The molecule has 0 unspecified atom stereocenters. The molecule has 0 saturated carbocycles. The lowest BCUT2D eigenvalue weighted by Crippen LogP contribution is -2.46. The van der Waals surface area contributed by atoms with Gasteiger partial charge in [0, 0.05) is 38.4 Å². The summed E-state index contributed by atoms with van der Waals surface area (Å²) in [6, 6.07) is 8.70. The highest BCUT2D eigenvalue weighted by molar-refractivity contribution is 14.0. The van der Waals surface area contributed by atoms with Crippen LogP contribution < -0.4 is 10.2 Å². The molecular formula is C19H29IN4O. The topological polar surface area (TPSA) is 51.1 Å². The Balaban J connectivity index is 0.00000225. The third kappa shape index (κ3) is 5.60. The van der Waals surface area contributed by atoms with Gasteiger partial charge in [0.15, 0.2) is 5.96 Å². The Labute approximate surface area is 167 Å². The minimum atomic E-state index is -0.156. The Morgan fingerprint density at radius 3 is 2.40 bits per heavy atom. The van der Waals surface area contributed by atoms with Crippen molar-refractivity contribution >= 4 is 35.6 Å². The average Bonchev–Trinajstić information content (AvgIpc) is 3.14. The summed E-state index contributed by atoms with van der Waals surface area (Å²) >= 11 is 0. The number of halogens is 1. The zero-order valence-electron chi connectivity index (χ0n) is 14.9. The molecule has 2 heterocycles. The molecule has 25 heavy (non-hydrogen) atoms. The molecule has 3 rings (SSSR count). The number of aliphatic hydroxyl groups excluding tert-OH is 1. The van der Waals surface area contributed by atoms with E-state index in [9.17, 15) is 5.11 Å². The third-order valence-corrected chi connectivity index (χ3v) is 4.63. The molecule has 0 atom stereocenters. The van der Waals surface area contributed by atoms with E-state index in [1.807, 2.05) is 0 Å². The molecule has 2 aliphatic heterocycles. The molecule has 0 aliphatic carbocycles. The van der Waals surface area contributed by atoms with E-state index in [1.54, 1.807) is 0 Å². The summed E-state index contributed by atoms with van der Waals surface area (Å²) in [4.78, 5) is 9.38. The van der Waals surface area contributed by atoms with Crippen LogP contribution in [-0.2, 0) is 6.54 Å². The maximum absolute atomic E-state index is 9.67. The summed E-state index contributed by atoms with van der Waals surface area (Å²) in [5, 5.41) is 13.0. The van der Waals surface area contributed by atoms with Crippen LogP contribution in [0.2, 0.25) is 0 Å². The van der Waals surface area contributed by atoms with Gasteiger partial charge >= 0.3 is 0 Å². The second-order valence-corrected chi connectivity index (χ2v) is 6.43. The predicted molar refractivity (Wildman–Crippen MR) is 115 cm³/mol. The number of guanidine groups is 1. The number of hydrogen-bond donors (Lipinski definition) is 2. The van der Waals surface area contributed by atoms with Crippen LogP contribution in [0.1, 0.15) is 25.3 Å². The van der Waals surface area contributed by atoms with Gasteiger partial charge in [-0.05, 0) is 37.5 Å². The van der Waals surface area contributed by atoms with Gasteiger partial charge < -0.3 is 20.2 Å². The molecule has 0 radical (unpaired) electrons. The number of rotatable bonds is 4. The van der Waals surface area contributed by atoms with Gasteiger partial charge in [0.25, 0.3) is 0 Å². The van der Waals surface area contributed by atoms with E-state index < -0.39 is 0 Å². The largest absolute Gasteiger partial charge is 0.393 e. The van der Waals surface area contributed by atoms with Crippen molar-refractivity contribution < 1.29 is 5.11 Å². The number of piperidine rings is 1. The van der Waals surface area contributed by atoms with E-state index in [2.05, 4.69) is 58.5 Å². The van der Waals surface area contributed by atoms with Crippen molar-refractivity contribution in [2.24, 2.45) is 4.99 Å². The lowest BCUT2D eigenvalue weighted by molar-refractivity contribution is 0.108. The fourth-order valence-corrected chi connectivity index (χ4v) is 3.17. The van der Waals surface area contributed by atoms with Crippen molar-refractivity contribution in [3.63, 3.8) is 0 Å². The van der Waals surface area contributed by atoms with Crippen molar-refractivity contribution in [1.82, 2.24) is 10.2 Å². The highest BCUT2D eigenvalue weighted by Crippen LogP contribution is 2.18. The first kappa shape index (κ1) is 20.0. The summed E-state index contributed by atoms with van der Waals surface area (Å²) in [5.41, 5.74) is 2.49. The SMILES string of the molecule is CCNC(=NCc1ccc(N2CC=CC2)cc1)N1CCC(O)CC1.I. The van der Waals surface area contributed by atoms with E-state index in [0.29, 0.717) is 6.54 Å². The van der Waals surface area contributed by atoms with Crippen molar-refractivity contribution in [3.8, 4) is 0 Å². The molecule has 1 aromatic carbocycles. The van der Waals surface area contributed by atoms with Gasteiger partial charge in [-0.2, -0.15) is 0 Å². The molecule has 0 spiro atoms. The van der Waals surface area contributed by atoms with Crippen molar-refractivity contribution in [2.45, 2.75) is 32.4 Å². The number of aliphatic imine (C=N–C) groups is 1. The van der Waals surface area contributed by atoms with E-state index in [-0.39, 0.29) is 30.1 Å². The Morgan fingerprint density at radius 1 is 1.16 bits per heavy atom. The van der Waals surface area contributed by atoms with Crippen LogP contribution in [0.3, 0.4) is 0 Å². The molecule has 2 N–H and O–H groups in total. The third-order valence-electron chi connectivity index (χ3n) is 4.63. The van der Waals surface area contributed by atoms with Gasteiger partial charge in [-0.15, -0.1) is 24.0 Å². The maximum Gasteiger partial charge on any atom is 0.194 e. The summed E-state index contributed by atoms with van der Waals surface area (Å²) in [7, 11) is 0. The fourth-order valence-electron chi connectivity index (χ4n) is 3.17. The van der Waals surface area contributed by atoms with Crippen LogP contribution in [0, 0.1) is 0 Å². The average molecular weight is 456 g/mol. The normalized spacial score (nSPS) is 18.4. The molecular weight excluding hydrogens is 427 g/mol. The van der Waals surface area contributed by atoms with Crippen LogP contribution in [0.5, 0.6) is 0 Å². The number of aliphatic hydroxyl groups is 1. The standard InChI is InChI=1S/C19H28N4O.HI/c1-2-20-19(23-13-9-18(24)10-14-23)21-15-16-5-7-17(8-6-16)22-11-3-4-12-22;/h3-8,18,24H,2,9-15H2,1H3,(H,20,21);1H. The second-order valence-electron chi connectivity index (χ2n) is 6.43. The van der Waals surface area contributed by atoms with Crippen molar-refractivity contribution in [3.05, 3.63) is 42.0 Å². The first-order valence-electron chi connectivity index (χ1n) is 8.96. The smallest absolute Gasteiger partial charge is 0.194 e. The van der Waals surface area contributed by atoms with E-state index >= 15 is 0 Å². The molecule has 6 heteroatoms. The molecule has 2 aliphatic rings. The molecule has 1 aromatic rings. The lowest BCUT2D eigenvalue weighted by Gasteiger charge is -2.32. The van der Waals surface area contributed by atoms with Crippen LogP contribution in [-0.4, -0.2) is 54.8 Å². The summed E-state index contributed by atoms with van der Waals surface area (Å²) < 4.78 is 0. The Morgan fingerprint density at radius 2 is 1.80 bits per heavy atom. The van der Waals surface area contributed by atoms with Gasteiger partial charge in [0.05, 0.1) is 12.6 Å². The Kier molecular flexibility index (Phi) is 8.02. The summed E-state index contributed by atoms with van der Waals surface area (Å²) in [5.74, 6) is 0.956. The van der Waals surface area contributed by atoms with Gasteiger partial charge in [-0.3, -0.25) is 0 Å². The molecule has 0 aromatic heterocycles. The quantitative estimate of drug-likeness (QED) is 0.317. The predicted octanol–water partition coefficient (Wildman–Crippen LogP) is 2.60. The fraction of sp³-hybridized carbons (Fsp3) is 0.526. The molecule has 1 saturated heterocycles. The number of nitrogens with one attached hydrogen (secondary N) is 1. The van der Waals surface area contributed by atoms with E-state index in [1.165, 1.54) is 11.3 Å². The molecule has 0 bridgehead atoms. The van der Waals surface area contributed by atoms with E-state index in [0.717, 1.165) is 51.5 Å². The lowest BCUT2D eigenvalue weighted by atomic mass is 10.1. The zero-order chi connectivity index (χ0) is 16.8. The van der Waals surface area contributed by atoms with Gasteiger partial charge in [-0.25, -0.2) is 4.99 Å². The monoisotopic (exact) mass is 456 g/mol. The van der Waals surface area contributed by atoms with Crippen molar-refractivity contribution in [2.75, 3.05) is 37.6 Å². The Hall–Kier alpha value is -1.28. The number of likely N-dealkylation sites (tertiary alicyclic amines) is 1. The molecule has 5 nitrogen and oxygen atoms in total. The second kappa shape index (κ2) is 10.0. The van der Waals surface area contributed by atoms with Gasteiger partial charge in [-0.1, -0.05) is 24.3 Å². The van der Waals surface area contributed by atoms with Crippen LogP contribution in [0.4, 0.5) is 5.69 Å². The summed E-state index contributed by atoms with van der Waals surface area (Å²) in [6.45, 7) is 7.37. The number of nitrogens with zero attached hydrogens (tertiary/aromatic N) is 3. The van der Waals surface area contributed by atoms with Crippen molar-refractivity contribution in [1.29, 1.82) is 0 Å². The minimum Gasteiger partial charge on any atom is -0.393 e. The Bertz CT molecular complexity index is 572. The summed E-state index contributed by atoms with van der Waals surface area (Å²) in [6.07, 6.45) is 5.90. The first-order valence-corrected chi connectivity index (χ1v) is 8.96. The van der Waals surface area contributed by atoms with Crippen LogP contribution in [0.15, 0.2) is 41.4 Å². The van der Waals surface area contributed by atoms with Gasteiger partial charge in [0.2, 0.25) is 0 Å².